The lowest BCUT2D eigenvalue weighted by atomic mass is 9.72. The summed E-state index contributed by atoms with van der Waals surface area (Å²) in [7, 11) is 0. The fourth-order valence-corrected chi connectivity index (χ4v) is 5.57. The maximum atomic E-state index is 13.4. The molecule has 2 fully saturated rings. The maximum Gasteiger partial charge on any atom is 0.419 e. The van der Waals surface area contributed by atoms with Crippen LogP contribution in [0.5, 0.6) is 0 Å². The SMILES string of the molecule is Nc1ncc(-c2cc3n(n2)CCOC32CCN(C(=O)NC3(c4cccnc4)CCC3)C2)cc1C(F)(F)F. The van der Waals surface area contributed by atoms with Gasteiger partial charge in [0, 0.05) is 37.1 Å². The summed E-state index contributed by atoms with van der Waals surface area (Å²) in [6, 6.07) is 6.39. The minimum absolute atomic E-state index is 0.168. The van der Waals surface area contributed by atoms with Crippen LogP contribution < -0.4 is 11.1 Å². The van der Waals surface area contributed by atoms with Gasteiger partial charge in [0.25, 0.3) is 0 Å². The van der Waals surface area contributed by atoms with E-state index in [9.17, 15) is 18.0 Å². The van der Waals surface area contributed by atoms with E-state index in [4.69, 9.17) is 10.5 Å². The number of carbonyl (C=O) groups excluding carboxylic acids is 1. The number of ether oxygens (including phenoxy) is 1. The van der Waals surface area contributed by atoms with Crippen LogP contribution in [0.1, 0.15) is 42.5 Å². The third-order valence-electron chi connectivity index (χ3n) is 7.73. The molecule has 1 aliphatic carbocycles. The molecular weight excluding hydrogens is 487 g/mol. The van der Waals surface area contributed by atoms with Crippen LogP contribution >= 0.6 is 0 Å². The number of pyridine rings is 2. The molecule has 1 saturated heterocycles. The van der Waals surface area contributed by atoms with Crippen LogP contribution in [0.15, 0.2) is 42.9 Å². The van der Waals surface area contributed by atoms with Crippen molar-refractivity contribution in [2.75, 3.05) is 25.4 Å². The Bertz CT molecular complexity index is 1340. The second-order valence-corrected chi connectivity index (χ2v) is 9.91. The lowest BCUT2D eigenvalue weighted by Gasteiger charge is -2.43. The van der Waals surface area contributed by atoms with E-state index >= 15 is 0 Å². The van der Waals surface area contributed by atoms with E-state index in [0.29, 0.717) is 38.4 Å². The van der Waals surface area contributed by atoms with Gasteiger partial charge in [0.1, 0.15) is 11.4 Å². The van der Waals surface area contributed by atoms with Gasteiger partial charge in [-0.1, -0.05) is 6.07 Å². The van der Waals surface area contributed by atoms with Crippen LogP contribution in [0.4, 0.5) is 23.8 Å². The molecule has 3 aromatic rings. The van der Waals surface area contributed by atoms with Crippen LogP contribution in [-0.2, 0) is 28.6 Å². The first-order chi connectivity index (χ1) is 17.7. The van der Waals surface area contributed by atoms with Crippen LogP contribution in [0.3, 0.4) is 0 Å². The second kappa shape index (κ2) is 8.44. The molecule has 2 amide bonds. The Morgan fingerprint density at radius 2 is 2.00 bits per heavy atom. The summed E-state index contributed by atoms with van der Waals surface area (Å²) in [5, 5.41) is 7.78. The Kier molecular flexibility index (Phi) is 5.41. The van der Waals surface area contributed by atoms with Crippen molar-refractivity contribution < 1.29 is 22.7 Å². The molecule has 6 rings (SSSR count). The molecule has 194 valence electrons. The van der Waals surface area contributed by atoms with E-state index in [1.807, 2.05) is 12.1 Å². The highest BCUT2D eigenvalue weighted by Crippen LogP contribution is 2.43. The summed E-state index contributed by atoms with van der Waals surface area (Å²) in [6.07, 6.45) is 3.47. The molecule has 3 N–H and O–H groups in total. The summed E-state index contributed by atoms with van der Waals surface area (Å²) < 4.78 is 48.1. The van der Waals surface area contributed by atoms with Gasteiger partial charge >= 0.3 is 12.2 Å². The zero-order valence-corrected chi connectivity index (χ0v) is 20.0. The van der Waals surface area contributed by atoms with Crippen molar-refractivity contribution in [1.29, 1.82) is 0 Å². The van der Waals surface area contributed by atoms with E-state index < -0.39 is 28.7 Å². The number of rotatable bonds is 3. The number of nitrogens with two attached hydrogens (primary N) is 1. The lowest BCUT2D eigenvalue weighted by Crippen LogP contribution is -2.55. The van der Waals surface area contributed by atoms with Gasteiger partial charge in [0.2, 0.25) is 0 Å². The van der Waals surface area contributed by atoms with E-state index in [2.05, 4.69) is 20.4 Å². The Labute approximate surface area is 210 Å². The third-order valence-corrected chi connectivity index (χ3v) is 7.73. The number of urea groups is 1. The Morgan fingerprint density at radius 3 is 2.70 bits per heavy atom. The zero-order chi connectivity index (χ0) is 25.8. The summed E-state index contributed by atoms with van der Waals surface area (Å²) in [5.41, 5.74) is 5.57. The first-order valence-corrected chi connectivity index (χ1v) is 12.2. The summed E-state index contributed by atoms with van der Waals surface area (Å²) in [4.78, 5) is 23.0. The fraction of sp³-hybridized carbons (Fsp3) is 0.440. The Balaban J connectivity index is 1.24. The number of carbonyl (C=O) groups is 1. The maximum absolute atomic E-state index is 13.4. The van der Waals surface area contributed by atoms with Gasteiger partial charge in [-0.05, 0) is 43.0 Å². The van der Waals surface area contributed by atoms with Gasteiger partial charge in [0.15, 0.2) is 0 Å². The van der Waals surface area contributed by atoms with E-state index in [0.717, 1.165) is 36.6 Å². The molecule has 0 radical (unpaired) electrons. The average Bonchev–Trinajstić information content (AvgIpc) is 3.48. The number of amides is 2. The molecule has 37 heavy (non-hydrogen) atoms. The summed E-state index contributed by atoms with van der Waals surface area (Å²) in [6.45, 7) is 1.65. The van der Waals surface area contributed by atoms with Crippen LogP contribution in [0.2, 0.25) is 0 Å². The highest BCUT2D eigenvalue weighted by molar-refractivity contribution is 5.76. The van der Waals surface area contributed by atoms with Crippen LogP contribution in [0, 0.1) is 0 Å². The minimum atomic E-state index is -4.62. The number of hydrogen-bond donors (Lipinski definition) is 2. The Hall–Kier alpha value is -3.67. The predicted octanol–water partition coefficient (Wildman–Crippen LogP) is 3.66. The third kappa shape index (κ3) is 3.99. The summed E-state index contributed by atoms with van der Waals surface area (Å²) in [5.74, 6) is -0.576. The monoisotopic (exact) mass is 513 g/mol. The van der Waals surface area contributed by atoms with Gasteiger partial charge in [-0.25, -0.2) is 9.78 Å². The van der Waals surface area contributed by atoms with Crippen molar-refractivity contribution in [3.05, 3.63) is 59.7 Å². The van der Waals surface area contributed by atoms with Gasteiger partial charge in [0.05, 0.1) is 42.2 Å². The number of nitrogens with one attached hydrogen (secondary N) is 1. The van der Waals surface area contributed by atoms with Crippen molar-refractivity contribution in [3.63, 3.8) is 0 Å². The van der Waals surface area contributed by atoms with E-state index in [-0.39, 0.29) is 11.6 Å². The minimum Gasteiger partial charge on any atom is -0.383 e. The number of nitrogens with zero attached hydrogens (tertiary/aromatic N) is 5. The van der Waals surface area contributed by atoms with Gasteiger partial charge in [-0.15, -0.1) is 0 Å². The highest BCUT2D eigenvalue weighted by atomic mass is 19.4. The van der Waals surface area contributed by atoms with Crippen molar-refractivity contribution in [3.8, 4) is 11.3 Å². The number of fused-ring (bicyclic) bond motifs is 2. The number of aromatic nitrogens is 4. The van der Waals surface area contributed by atoms with Crippen molar-refractivity contribution >= 4 is 11.8 Å². The molecule has 1 saturated carbocycles. The molecule has 2 aliphatic heterocycles. The zero-order valence-electron chi connectivity index (χ0n) is 20.0. The molecule has 1 unspecified atom stereocenters. The van der Waals surface area contributed by atoms with Gasteiger partial charge in [-0.2, -0.15) is 18.3 Å². The number of anilines is 1. The number of hydrogen-bond acceptors (Lipinski definition) is 6. The van der Waals surface area contributed by atoms with Crippen molar-refractivity contribution in [2.45, 2.75) is 49.5 Å². The summed E-state index contributed by atoms with van der Waals surface area (Å²) >= 11 is 0. The number of alkyl halides is 3. The standard InChI is InChI=1S/C25H26F3N7O2/c26-25(27,28)18-11-16(13-31-21(18)29)19-12-20-24(37-10-9-35(20)33-19)6-8-34(15-24)22(36)32-23(4-2-5-23)17-3-1-7-30-14-17/h1,3,7,11-14H,2,4-6,8-10,15H2,(H2,29,31)(H,32,36). The molecule has 9 nitrogen and oxygen atoms in total. The van der Waals surface area contributed by atoms with Gasteiger partial charge in [-0.3, -0.25) is 9.67 Å². The normalized spacial score (nSPS) is 22.5. The quantitative estimate of drug-likeness (QED) is 0.553. The molecule has 1 atom stereocenters. The average molecular weight is 514 g/mol. The molecule has 0 aromatic carbocycles. The molecule has 12 heteroatoms. The molecule has 5 heterocycles. The second-order valence-electron chi connectivity index (χ2n) is 9.91. The van der Waals surface area contributed by atoms with Gasteiger partial charge < -0.3 is 20.7 Å². The van der Waals surface area contributed by atoms with Crippen LogP contribution in [-0.4, -0.2) is 50.4 Å². The van der Waals surface area contributed by atoms with Crippen molar-refractivity contribution in [1.82, 2.24) is 30.0 Å². The smallest absolute Gasteiger partial charge is 0.383 e. The van der Waals surface area contributed by atoms with E-state index in [1.165, 1.54) is 6.20 Å². The topological polar surface area (TPSA) is 111 Å². The first-order valence-electron chi connectivity index (χ1n) is 12.2. The number of likely N-dealkylation sites (tertiary alicyclic amines) is 1. The predicted molar refractivity (Wildman–Crippen MR) is 127 cm³/mol. The highest BCUT2D eigenvalue weighted by Gasteiger charge is 2.49. The fourth-order valence-electron chi connectivity index (χ4n) is 5.57. The molecule has 3 aliphatic rings. The molecule has 0 bridgehead atoms. The largest absolute Gasteiger partial charge is 0.419 e. The van der Waals surface area contributed by atoms with E-state index in [1.54, 1.807) is 28.0 Å². The number of nitrogen functional groups attached to an aromatic ring is 1. The molecule has 1 spiro atoms. The lowest BCUT2D eigenvalue weighted by molar-refractivity contribution is -0.137. The number of halogens is 3. The van der Waals surface area contributed by atoms with Crippen molar-refractivity contribution in [2.24, 2.45) is 0 Å². The molecular formula is C25H26F3N7O2. The van der Waals surface area contributed by atoms with Crippen LogP contribution in [0.25, 0.3) is 11.3 Å². The first kappa shape index (κ1) is 23.7. The Morgan fingerprint density at radius 1 is 1.16 bits per heavy atom. The molecule has 3 aromatic heterocycles.